The highest BCUT2D eigenvalue weighted by Crippen LogP contribution is 2.40. The smallest absolute Gasteiger partial charge is 0.421 e. The van der Waals surface area contributed by atoms with Gasteiger partial charge in [-0.3, -0.25) is 0 Å². The molecule has 0 N–H and O–H groups in total. The number of aromatic nitrogens is 5. The Morgan fingerprint density at radius 3 is 2.23 bits per heavy atom. The third kappa shape index (κ3) is 7.47. The largest absolute Gasteiger partial charge is 0.444 e. The van der Waals surface area contributed by atoms with E-state index in [1.54, 1.807) is 14.3 Å². The number of anilines is 2. The first kappa shape index (κ1) is 33.0. The molecule has 11 nitrogen and oxygen atoms in total. The molecule has 2 amide bonds. The van der Waals surface area contributed by atoms with Gasteiger partial charge in [0.25, 0.3) is 0 Å². The van der Waals surface area contributed by atoms with Crippen LogP contribution >= 0.6 is 11.5 Å². The molecule has 4 aromatic rings. The summed E-state index contributed by atoms with van der Waals surface area (Å²) >= 11 is 1.28. The molecule has 2 fully saturated rings. The highest BCUT2D eigenvalue weighted by molar-refractivity contribution is 7.10. The number of rotatable bonds is 5. The number of fused-ring (bicyclic) bond motifs is 1. The van der Waals surface area contributed by atoms with E-state index in [1.165, 1.54) is 30.8 Å². The number of ether oxygens (including phenoxy) is 2. The number of hydrogen-bond acceptors (Lipinski definition) is 8. The zero-order chi connectivity index (χ0) is 33.5. The van der Waals surface area contributed by atoms with Crippen LogP contribution in [0.4, 0.5) is 20.4 Å². The maximum atomic E-state index is 14.1. The first-order valence-electron chi connectivity index (χ1n) is 16.7. The third-order valence-electron chi connectivity index (χ3n) is 8.75. The Labute approximate surface area is 281 Å². The van der Waals surface area contributed by atoms with Gasteiger partial charge in [0.05, 0.1) is 11.9 Å². The van der Waals surface area contributed by atoms with Gasteiger partial charge in [0, 0.05) is 67.3 Å². The normalized spacial score (nSPS) is 16.9. The van der Waals surface area contributed by atoms with Gasteiger partial charge in [0.15, 0.2) is 5.65 Å². The SMILES string of the molecule is Cn1ccc(-c2cnn3c(N(C(=O)OC(C)(C)C)c4cc(C5CCN(C(=O)OC(C)(C)C)CC5)ns4)cc(C4CCCCC4)nc23)c1. The second kappa shape index (κ2) is 12.9. The summed E-state index contributed by atoms with van der Waals surface area (Å²) in [5, 5.41) is 5.45. The fourth-order valence-corrected chi connectivity index (χ4v) is 7.29. The fourth-order valence-electron chi connectivity index (χ4n) is 6.46. The number of nitrogens with zero attached hydrogens (tertiary/aromatic N) is 7. The summed E-state index contributed by atoms with van der Waals surface area (Å²) in [5.41, 5.74) is 3.27. The van der Waals surface area contributed by atoms with Crippen LogP contribution in [0.1, 0.15) is 110 Å². The maximum Gasteiger partial charge on any atom is 0.421 e. The molecule has 12 heteroatoms. The van der Waals surface area contributed by atoms with Crippen molar-refractivity contribution < 1.29 is 19.1 Å². The van der Waals surface area contributed by atoms with Gasteiger partial charge in [-0.05, 0) is 90.9 Å². The molecule has 0 spiro atoms. The van der Waals surface area contributed by atoms with E-state index in [4.69, 9.17) is 23.9 Å². The number of aryl methyl sites for hydroxylation is 1. The van der Waals surface area contributed by atoms with Crippen molar-refractivity contribution in [2.24, 2.45) is 7.05 Å². The van der Waals surface area contributed by atoms with Crippen LogP contribution in [0.15, 0.2) is 36.8 Å². The molecule has 47 heavy (non-hydrogen) atoms. The number of amides is 2. The van der Waals surface area contributed by atoms with Gasteiger partial charge in [0.1, 0.15) is 22.0 Å². The van der Waals surface area contributed by atoms with Crippen LogP contribution < -0.4 is 4.90 Å². The zero-order valence-electron chi connectivity index (χ0n) is 28.7. The van der Waals surface area contributed by atoms with Crippen molar-refractivity contribution >= 4 is 40.2 Å². The minimum Gasteiger partial charge on any atom is -0.444 e. The lowest BCUT2D eigenvalue weighted by molar-refractivity contribution is 0.0204. The van der Waals surface area contributed by atoms with Crippen molar-refractivity contribution in [2.45, 2.75) is 110 Å². The topological polar surface area (TPSA) is 107 Å². The van der Waals surface area contributed by atoms with E-state index in [2.05, 4.69) is 12.3 Å². The molecule has 1 saturated heterocycles. The van der Waals surface area contributed by atoms with Crippen LogP contribution in [-0.4, -0.2) is 64.9 Å². The third-order valence-corrected chi connectivity index (χ3v) is 9.54. The molecular weight excluding hydrogens is 614 g/mol. The van der Waals surface area contributed by atoms with Crippen molar-refractivity contribution in [3.8, 4) is 11.1 Å². The Bertz CT molecular complexity index is 1730. The van der Waals surface area contributed by atoms with Crippen molar-refractivity contribution in [2.75, 3.05) is 18.0 Å². The van der Waals surface area contributed by atoms with Crippen molar-refractivity contribution in [1.82, 2.24) is 28.4 Å². The van der Waals surface area contributed by atoms with Gasteiger partial charge in [-0.2, -0.15) is 14.0 Å². The number of carbonyl (C=O) groups excluding carboxylic acids is 2. The molecule has 0 radical (unpaired) electrons. The van der Waals surface area contributed by atoms with E-state index < -0.39 is 17.3 Å². The predicted octanol–water partition coefficient (Wildman–Crippen LogP) is 8.43. The lowest BCUT2D eigenvalue weighted by Gasteiger charge is -2.33. The monoisotopic (exact) mass is 661 g/mol. The summed E-state index contributed by atoms with van der Waals surface area (Å²) in [6, 6.07) is 6.07. The standard InChI is InChI=1S/C35H47N7O4S/c1-34(2,3)45-32(43)40-17-14-24(15-18-40)28-20-30(47-38-28)41(33(44)46-35(4,5)6)29-19-27(23-11-9-8-10-12-23)37-31-26(21-36-42(29)31)25-13-16-39(7)22-25/h13,16,19-24H,8-12,14-15,17-18H2,1-7H3. The Kier molecular flexibility index (Phi) is 9.08. The lowest BCUT2D eigenvalue weighted by Crippen LogP contribution is -2.41. The molecule has 1 aliphatic carbocycles. The van der Waals surface area contributed by atoms with Crippen LogP contribution in [0, 0.1) is 0 Å². The average molecular weight is 662 g/mol. The second-order valence-electron chi connectivity index (χ2n) is 14.9. The molecule has 1 aliphatic heterocycles. The maximum absolute atomic E-state index is 14.1. The number of carbonyl (C=O) groups is 2. The van der Waals surface area contributed by atoms with Crippen LogP contribution in [0.5, 0.6) is 0 Å². The first-order chi connectivity index (χ1) is 22.3. The second-order valence-corrected chi connectivity index (χ2v) is 15.7. The molecule has 6 rings (SSSR count). The highest BCUT2D eigenvalue weighted by Gasteiger charge is 2.33. The van der Waals surface area contributed by atoms with Crippen LogP contribution in [0.3, 0.4) is 0 Å². The molecule has 2 aliphatic rings. The molecular formula is C35H47N7O4S. The minimum atomic E-state index is -0.713. The van der Waals surface area contributed by atoms with E-state index >= 15 is 0 Å². The van der Waals surface area contributed by atoms with E-state index in [-0.39, 0.29) is 12.0 Å². The Balaban J connectivity index is 1.38. The van der Waals surface area contributed by atoms with Crippen LogP contribution in [0.25, 0.3) is 16.8 Å². The quantitative estimate of drug-likeness (QED) is 0.211. The summed E-state index contributed by atoms with van der Waals surface area (Å²) in [5.74, 6) is 1.05. The van der Waals surface area contributed by atoms with Crippen molar-refractivity contribution in [1.29, 1.82) is 0 Å². The van der Waals surface area contributed by atoms with E-state index in [9.17, 15) is 9.59 Å². The number of hydrogen-bond donors (Lipinski definition) is 0. The predicted molar refractivity (Wildman–Crippen MR) is 183 cm³/mol. The molecule has 0 atom stereocenters. The van der Waals surface area contributed by atoms with Gasteiger partial charge < -0.3 is 18.9 Å². The molecule has 5 heterocycles. The Morgan fingerprint density at radius 1 is 0.915 bits per heavy atom. The van der Waals surface area contributed by atoms with E-state index in [0.29, 0.717) is 35.5 Å². The van der Waals surface area contributed by atoms with Gasteiger partial charge in [-0.25, -0.2) is 19.5 Å². The van der Waals surface area contributed by atoms with Crippen LogP contribution in [0.2, 0.25) is 0 Å². The number of likely N-dealkylation sites (tertiary alicyclic amines) is 1. The highest BCUT2D eigenvalue weighted by atomic mass is 32.1. The Morgan fingerprint density at radius 2 is 1.60 bits per heavy atom. The van der Waals surface area contributed by atoms with Gasteiger partial charge in [-0.1, -0.05) is 19.3 Å². The zero-order valence-corrected chi connectivity index (χ0v) is 29.5. The van der Waals surface area contributed by atoms with Crippen molar-refractivity contribution in [3.05, 3.63) is 48.2 Å². The first-order valence-corrected chi connectivity index (χ1v) is 17.5. The fraction of sp³-hybridized carbons (Fsp3) is 0.571. The molecule has 4 aromatic heterocycles. The summed E-state index contributed by atoms with van der Waals surface area (Å²) in [6.45, 7) is 12.4. The summed E-state index contributed by atoms with van der Waals surface area (Å²) in [4.78, 5) is 35.4. The number of piperidine rings is 1. The van der Waals surface area contributed by atoms with E-state index in [0.717, 1.165) is 48.2 Å². The van der Waals surface area contributed by atoms with Gasteiger partial charge in [0.2, 0.25) is 0 Å². The molecule has 0 aromatic carbocycles. The summed E-state index contributed by atoms with van der Waals surface area (Å²) < 4.78 is 20.2. The van der Waals surface area contributed by atoms with Gasteiger partial charge in [-0.15, -0.1) is 0 Å². The van der Waals surface area contributed by atoms with E-state index in [1.807, 2.05) is 77.7 Å². The van der Waals surface area contributed by atoms with Gasteiger partial charge >= 0.3 is 12.2 Å². The lowest BCUT2D eigenvalue weighted by atomic mass is 9.87. The molecule has 0 bridgehead atoms. The van der Waals surface area contributed by atoms with Crippen molar-refractivity contribution in [3.63, 3.8) is 0 Å². The molecule has 1 saturated carbocycles. The molecule has 0 unspecified atom stereocenters. The summed E-state index contributed by atoms with van der Waals surface area (Å²) in [7, 11) is 1.99. The molecule has 252 valence electrons. The summed E-state index contributed by atoms with van der Waals surface area (Å²) in [6.07, 6.45) is 12.3. The minimum absolute atomic E-state index is 0.156. The average Bonchev–Trinajstić information content (AvgIpc) is 3.76. The Hall–Kier alpha value is -3.93. The van der Waals surface area contributed by atoms with Crippen LogP contribution in [-0.2, 0) is 16.5 Å².